The number of para-hydroxylation sites is 1. The highest BCUT2D eigenvalue weighted by atomic mass is 16.5. The largest absolute Gasteiger partial charge is 0.385 e. The highest BCUT2D eigenvalue weighted by Gasteiger charge is 2.34. The summed E-state index contributed by atoms with van der Waals surface area (Å²) in [6, 6.07) is 8.17. The molecule has 1 aromatic carbocycles. The molecular weight excluding hydrogens is 316 g/mol. The minimum atomic E-state index is 0.0532. The van der Waals surface area contributed by atoms with Gasteiger partial charge in [-0.1, -0.05) is 18.2 Å². The van der Waals surface area contributed by atoms with Crippen LogP contribution in [0.5, 0.6) is 0 Å². The van der Waals surface area contributed by atoms with Gasteiger partial charge in [-0.15, -0.1) is 0 Å². The van der Waals surface area contributed by atoms with Gasteiger partial charge < -0.3 is 15.0 Å². The van der Waals surface area contributed by atoms with Crippen LogP contribution in [0.3, 0.4) is 0 Å². The number of carbonyl (C=O) groups excluding carboxylic acids is 2. The van der Waals surface area contributed by atoms with E-state index in [4.69, 9.17) is 4.74 Å². The zero-order valence-electron chi connectivity index (χ0n) is 15.0. The van der Waals surface area contributed by atoms with Gasteiger partial charge in [0.15, 0.2) is 0 Å². The molecule has 0 unspecified atom stereocenters. The minimum Gasteiger partial charge on any atom is -0.385 e. The summed E-state index contributed by atoms with van der Waals surface area (Å²) < 4.78 is 4.99. The van der Waals surface area contributed by atoms with Crippen molar-refractivity contribution in [1.29, 1.82) is 0 Å². The van der Waals surface area contributed by atoms with Crippen LogP contribution >= 0.6 is 0 Å². The van der Waals surface area contributed by atoms with Crippen molar-refractivity contribution in [2.75, 3.05) is 31.7 Å². The van der Waals surface area contributed by atoms with Crippen LogP contribution in [0, 0.1) is 11.8 Å². The third-order valence-electron chi connectivity index (χ3n) is 5.42. The maximum absolute atomic E-state index is 12.9. The number of fused-ring (bicyclic) bond motifs is 1. The second-order valence-corrected chi connectivity index (χ2v) is 7.05. The molecule has 1 aliphatic carbocycles. The number of anilines is 1. The van der Waals surface area contributed by atoms with Crippen LogP contribution in [-0.4, -0.2) is 38.6 Å². The fourth-order valence-electron chi connectivity index (χ4n) is 3.96. The van der Waals surface area contributed by atoms with E-state index in [2.05, 4.69) is 11.4 Å². The Bertz CT molecular complexity index is 609. The zero-order valence-corrected chi connectivity index (χ0v) is 15.0. The van der Waals surface area contributed by atoms with Crippen molar-refractivity contribution in [3.8, 4) is 0 Å². The van der Waals surface area contributed by atoms with Gasteiger partial charge in [-0.25, -0.2) is 0 Å². The lowest BCUT2D eigenvalue weighted by Crippen LogP contribution is -2.39. The summed E-state index contributed by atoms with van der Waals surface area (Å²) in [6.45, 7) is 2.12. The smallest absolute Gasteiger partial charge is 0.230 e. The van der Waals surface area contributed by atoms with E-state index in [1.807, 2.05) is 23.1 Å². The van der Waals surface area contributed by atoms with Crippen LogP contribution < -0.4 is 10.2 Å². The van der Waals surface area contributed by atoms with Crippen LogP contribution in [0.2, 0.25) is 0 Å². The Morgan fingerprint density at radius 3 is 2.64 bits per heavy atom. The normalized spacial score (nSPS) is 22.5. The van der Waals surface area contributed by atoms with Crippen molar-refractivity contribution in [3.05, 3.63) is 29.8 Å². The number of nitrogens with zero attached hydrogens (tertiary/aromatic N) is 1. The summed E-state index contributed by atoms with van der Waals surface area (Å²) in [5, 5.41) is 2.99. The molecule has 0 saturated heterocycles. The van der Waals surface area contributed by atoms with Gasteiger partial charge in [0.1, 0.15) is 0 Å². The Hall–Kier alpha value is -1.88. The second-order valence-electron chi connectivity index (χ2n) is 7.05. The van der Waals surface area contributed by atoms with Crippen molar-refractivity contribution in [1.82, 2.24) is 5.32 Å². The second kappa shape index (κ2) is 8.48. The first kappa shape index (κ1) is 17.9. The molecule has 0 bridgehead atoms. The maximum atomic E-state index is 12.9. The Morgan fingerprint density at radius 1 is 1.16 bits per heavy atom. The summed E-state index contributed by atoms with van der Waals surface area (Å²) >= 11 is 0. The number of carbonyl (C=O) groups is 2. The molecule has 1 aliphatic heterocycles. The standard InChI is InChI=1S/C20H28N2O3/c1-25-14-4-12-21-19(23)16-7-9-17(10-8-16)20(24)22-13-11-15-5-2-3-6-18(15)22/h2-3,5-6,16-17H,4,7-14H2,1H3,(H,21,23). The highest BCUT2D eigenvalue weighted by Crippen LogP contribution is 2.34. The highest BCUT2D eigenvalue weighted by molar-refractivity contribution is 5.97. The predicted octanol–water partition coefficient (Wildman–Crippen LogP) is 2.53. The van der Waals surface area contributed by atoms with Crippen LogP contribution in [0.1, 0.15) is 37.7 Å². The van der Waals surface area contributed by atoms with Crippen molar-refractivity contribution in [2.45, 2.75) is 38.5 Å². The Labute approximate surface area is 149 Å². The first-order chi connectivity index (χ1) is 12.2. The van der Waals surface area contributed by atoms with E-state index in [1.54, 1.807) is 7.11 Å². The number of nitrogens with one attached hydrogen (secondary N) is 1. The molecule has 5 nitrogen and oxygen atoms in total. The van der Waals surface area contributed by atoms with Crippen molar-refractivity contribution < 1.29 is 14.3 Å². The lowest BCUT2D eigenvalue weighted by Gasteiger charge is -2.30. The number of hydrogen-bond donors (Lipinski definition) is 1. The van der Waals surface area contributed by atoms with E-state index in [0.717, 1.165) is 50.8 Å². The Kier molecular flexibility index (Phi) is 6.08. The number of ether oxygens (including phenoxy) is 1. The van der Waals surface area contributed by atoms with Crippen LogP contribution in [0.15, 0.2) is 24.3 Å². The quantitative estimate of drug-likeness (QED) is 0.807. The zero-order chi connectivity index (χ0) is 17.6. The van der Waals surface area contributed by atoms with Gasteiger partial charge in [0.2, 0.25) is 11.8 Å². The van der Waals surface area contributed by atoms with Gasteiger partial charge in [-0.3, -0.25) is 9.59 Å². The average molecular weight is 344 g/mol. The Morgan fingerprint density at radius 2 is 1.88 bits per heavy atom. The number of hydrogen-bond acceptors (Lipinski definition) is 3. The molecule has 0 spiro atoms. The molecule has 136 valence electrons. The SMILES string of the molecule is COCCCNC(=O)C1CCC(C(=O)N2CCc3ccccc32)CC1. The van der Waals surface area contributed by atoms with E-state index in [1.165, 1.54) is 5.56 Å². The van der Waals surface area contributed by atoms with Gasteiger partial charge >= 0.3 is 0 Å². The molecule has 0 aromatic heterocycles. The number of benzene rings is 1. The van der Waals surface area contributed by atoms with E-state index in [0.29, 0.717) is 13.2 Å². The number of rotatable bonds is 6. The summed E-state index contributed by atoms with van der Waals surface area (Å²) in [7, 11) is 1.67. The number of amides is 2. The van der Waals surface area contributed by atoms with Gasteiger partial charge in [-0.05, 0) is 50.2 Å². The number of methoxy groups -OCH3 is 1. The van der Waals surface area contributed by atoms with E-state index >= 15 is 0 Å². The molecule has 25 heavy (non-hydrogen) atoms. The van der Waals surface area contributed by atoms with E-state index < -0.39 is 0 Å². The summed E-state index contributed by atoms with van der Waals surface area (Å²) in [6.07, 6.45) is 5.02. The van der Waals surface area contributed by atoms with Crippen molar-refractivity contribution in [2.24, 2.45) is 11.8 Å². The van der Waals surface area contributed by atoms with Crippen LogP contribution in [0.25, 0.3) is 0 Å². The minimum absolute atomic E-state index is 0.0532. The third kappa shape index (κ3) is 4.21. The summed E-state index contributed by atoms with van der Waals surface area (Å²) in [5.74, 6) is 0.485. The first-order valence-corrected chi connectivity index (χ1v) is 9.36. The van der Waals surface area contributed by atoms with Gasteiger partial charge in [0.05, 0.1) is 0 Å². The van der Waals surface area contributed by atoms with Gasteiger partial charge in [0, 0.05) is 44.3 Å². The molecule has 3 rings (SSSR count). The molecule has 2 aliphatic rings. The van der Waals surface area contributed by atoms with Gasteiger partial charge in [-0.2, -0.15) is 0 Å². The maximum Gasteiger partial charge on any atom is 0.230 e. The molecule has 1 heterocycles. The predicted molar refractivity (Wildman–Crippen MR) is 97.4 cm³/mol. The molecule has 1 aromatic rings. The third-order valence-corrected chi connectivity index (χ3v) is 5.42. The van der Waals surface area contributed by atoms with Crippen LogP contribution in [0.4, 0.5) is 5.69 Å². The van der Waals surface area contributed by atoms with Crippen molar-refractivity contribution >= 4 is 17.5 Å². The molecule has 1 N–H and O–H groups in total. The Balaban J connectivity index is 1.48. The molecule has 2 amide bonds. The summed E-state index contributed by atoms with van der Waals surface area (Å²) in [4.78, 5) is 27.1. The topological polar surface area (TPSA) is 58.6 Å². The lowest BCUT2D eigenvalue weighted by molar-refractivity contribution is -0.129. The lowest BCUT2D eigenvalue weighted by atomic mass is 9.81. The molecule has 5 heteroatoms. The molecule has 0 atom stereocenters. The van der Waals surface area contributed by atoms with E-state index in [9.17, 15) is 9.59 Å². The first-order valence-electron chi connectivity index (χ1n) is 9.36. The van der Waals surface area contributed by atoms with Crippen molar-refractivity contribution in [3.63, 3.8) is 0 Å². The molecule has 1 fully saturated rings. The molecule has 0 radical (unpaired) electrons. The van der Waals surface area contributed by atoms with E-state index in [-0.39, 0.29) is 23.7 Å². The van der Waals surface area contributed by atoms with Gasteiger partial charge in [0.25, 0.3) is 0 Å². The van der Waals surface area contributed by atoms with Crippen LogP contribution in [-0.2, 0) is 20.7 Å². The molecule has 1 saturated carbocycles. The summed E-state index contributed by atoms with van der Waals surface area (Å²) in [5.41, 5.74) is 2.34. The fraction of sp³-hybridized carbons (Fsp3) is 0.600. The average Bonchev–Trinajstić information content (AvgIpc) is 3.09. The fourth-order valence-corrected chi connectivity index (χ4v) is 3.96. The monoisotopic (exact) mass is 344 g/mol. The molecular formula is C20H28N2O3.